The maximum absolute atomic E-state index is 13.0. The largest absolute Gasteiger partial charge is 0.386 e. The highest BCUT2D eigenvalue weighted by atomic mass is 32.2. The van der Waals surface area contributed by atoms with Gasteiger partial charge in [-0.3, -0.25) is 4.79 Å². The highest BCUT2D eigenvalue weighted by molar-refractivity contribution is 7.99. The van der Waals surface area contributed by atoms with Crippen LogP contribution in [0.3, 0.4) is 0 Å². The first kappa shape index (κ1) is 21.5. The number of fused-ring (bicyclic) bond motifs is 2. The van der Waals surface area contributed by atoms with E-state index in [1.807, 2.05) is 67.6 Å². The number of rotatable bonds is 5. The molecule has 0 radical (unpaired) electrons. The van der Waals surface area contributed by atoms with Crippen molar-refractivity contribution in [2.75, 3.05) is 5.32 Å². The molecule has 0 aromatic heterocycles. The van der Waals surface area contributed by atoms with Crippen LogP contribution in [0.25, 0.3) is 0 Å². The van der Waals surface area contributed by atoms with E-state index in [0.717, 1.165) is 33.9 Å². The third-order valence-electron chi connectivity index (χ3n) is 5.71. The monoisotopic (exact) mass is 432 g/mol. The Kier molecular flexibility index (Phi) is 6.64. The zero-order chi connectivity index (χ0) is 21.8. The van der Waals surface area contributed by atoms with Crippen LogP contribution in [0.1, 0.15) is 47.9 Å². The van der Waals surface area contributed by atoms with Crippen molar-refractivity contribution in [2.45, 2.75) is 54.7 Å². The summed E-state index contributed by atoms with van der Waals surface area (Å²) >= 11 is 1.61. The predicted molar refractivity (Wildman–Crippen MR) is 127 cm³/mol. The number of nitrogens with one attached hydrogen (secondary N) is 2. The van der Waals surface area contributed by atoms with Gasteiger partial charge in [0.1, 0.15) is 0 Å². The van der Waals surface area contributed by atoms with Crippen molar-refractivity contribution in [3.8, 4) is 0 Å². The van der Waals surface area contributed by atoms with E-state index in [0.29, 0.717) is 5.56 Å². The molecule has 160 valence electrons. The lowest BCUT2D eigenvalue weighted by Gasteiger charge is -2.28. The molecule has 0 bridgehead atoms. The Hall–Kier alpha value is -2.76. The average molecular weight is 433 g/mol. The molecule has 0 spiro atoms. The zero-order valence-electron chi connectivity index (χ0n) is 17.8. The van der Waals surface area contributed by atoms with Gasteiger partial charge in [0, 0.05) is 27.1 Å². The predicted octanol–water partition coefficient (Wildman–Crippen LogP) is 5.44. The molecule has 0 saturated heterocycles. The van der Waals surface area contributed by atoms with Crippen LogP contribution >= 0.6 is 11.8 Å². The average Bonchev–Trinajstić information content (AvgIpc) is 2.79. The minimum atomic E-state index is -0.621. The number of hydrogen-bond acceptors (Lipinski definition) is 4. The van der Waals surface area contributed by atoms with E-state index in [9.17, 15) is 9.90 Å². The SMILES string of the molecule is CCC(Cc1ccccc1)NC(=O)c1ccc2c(c1)NC(C)C(O)c1ccccc1S2. The Morgan fingerprint density at radius 2 is 1.81 bits per heavy atom. The van der Waals surface area contributed by atoms with Crippen molar-refractivity contribution < 1.29 is 9.90 Å². The molecular weight excluding hydrogens is 404 g/mol. The summed E-state index contributed by atoms with van der Waals surface area (Å²) in [5.74, 6) is -0.0759. The van der Waals surface area contributed by atoms with E-state index in [1.165, 1.54) is 5.56 Å². The van der Waals surface area contributed by atoms with Crippen LogP contribution in [0.15, 0.2) is 82.6 Å². The van der Waals surface area contributed by atoms with E-state index in [-0.39, 0.29) is 18.0 Å². The topological polar surface area (TPSA) is 61.4 Å². The van der Waals surface area contributed by atoms with Gasteiger partial charge in [-0.1, -0.05) is 67.2 Å². The van der Waals surface area contributed by atoms with Crippen LogP contribution in [-0.4, -0.2) is 23.1 Å². The summed E-state index contributed by atoms with van der Waals surface area (Å²) in [5.41, 5.74) is 3.63. The van der Waals surface area contributed by atoms with E-state index in [2.05, 4.69) is 29.7 Å². The lowest BCUT2D eigenvalue weighted by Crippen LogP contribution is -2.36. The molecule has 1 heterocycles. The van der Waals surface area contributed by atoms with Gasteiger partial charge in [-0.2, -0.15) is 0 Å². The van der Waals surface area contributed by atoms with Crippen molar-refractivity contribution in [2.24, 2.45) is 0 Å². The fourth-order valence-corrected chi connectivity index (χ4v) is 4.92. The summed E-state index contributed by atoms with van der Waals surface area (Å²) in [5, 5.41) is 17.4. The van der Waals surface area contributed by atoms with Gasteiger partial charge in [0.15, 0.2) is 0 Å². The number of aliphatic hydroxyl groups is 1. The van der Waals surface area contributed by atoms with E-state index in [1.54, 1.807) is 11.8 Å². The third kappa shape index (κ3) is 4.94. The van der Waals surface area contributed by atoms with Crippen LogP contribution in [0.5, 0.6) is 0 Å². The molecule has 4 nitrogen and oxygen atoms in total. The van der Waals surface area contributed by atoms with E-state index < -0.39 is 6.10 Å². The quantitative estimate of drug-likeness (QED) is 0.503. The maximum atomic E-state index is 13.0. The number of aliphatic hydroxyl groups excluding tert-OH is 1. The van der Waals surface area contributed by atoms with Crippen LogP contribution in [0, 0.1) is 0 Å². The fourth-order valence-electron chi connectivity index (χ4n) is 3.87. The summed E-state index contributed by atoms with van der Waals surface area (Å²) in [6.07, 6.45) is 1.05. The second-order valence-electron chi connectivity index (χ2n) is 8.00. The summed E-state index contributed by atoms with van der Waals surface area (Å²) in [6.45, 7) is 4.05. The Morgan fingerprint density at radius 1 is 1.06 bits per heavy atom. The van der Waals surface area contributed by atoms with Gasteiger partial charge in [-0.05, 0) is 55.2 Å². The van der Waals surface area contributed by atoms with Crippen molar-refractivity contribution >= 4 is 23.4 Å². The van der Waals surface area contributed by atoms with Crippen molar-refractivity contribution in [3.05, 3.63) is 89.5 Å². The molecule has 3 unspecified atom stereocenters. The summed E-state index contributed by atoms with van der Waals surface area (Å²) < 4.78 is 0. The smallest absolute Gasteiger partial charge is 0.251 e. The number of amides is 1. The normalized spacial score (nSPS) is 18.5. The minimum absolute atomic E-state index is 0.0758. The molecular formula is C26H28N2O2S. The standard InChI is InChI=1S/C26H28N2O2S/c1-3-20(15-18-9-5-4-6-10-18)28-26(30)19-13-14-24-22(16-19)27-17(2)25(29)21-11-7-8-12-23(21)31-24/h4-14,16-17,20,25,27,29H,3,15H2,1-2H3,(H,28,30). The molecule has 5 heteroatoms. The van der Waals surface area contributed by atoms with E-state index in [4.69, 9.17) is 0 Å². The first-order chi connectivity index (χ1) is 15.0. The minimum Gasteiger partial charge on any atom is -0.386 e. The molecule has 0 fully saturated rings. The van der Waals surface area contributed by atoms with Crippen LogP contribution in [-0.2, 0) is 6.42 Å². The first-order valence-electron chi connectivity index (χ1n) is 10.8. The number of carbonyl (C=O) groups is 1. The molecule has 1 amide bonds. The van der Waals surface area contributed by atoms with Crippen molar-refractivity contribution in [1.29, 1.82) is 0 Å². The maximum Gasteiger partial charge on any atom is 0.251 e. The Balaban J connectivity index is 1.55. The summed E-state index contributed by atoms with van der Waals surface area (Å²) in [6, 6.07) is 23.8. The van der Waals surface area contributed by atoms with Gasteiger partial charge < -0.3 is 15.7 Å². The molecule has 3 aromatic carbocycles. The fraction of sp³-hybridized carbons (Fsp3) is 0.269. The van der Waals surface area contributed by atoms with Crippen LogP contribution < -0.4 is 10.6 Å². The number of hydrogen-bond donors (Lipinski definition) is 3. The lowest BCUT2D eigenvalue weighted by molar-refractivity contribution is 0.0936. The molecule has 1 aliphatic rings. The third-order valence-corrected chi connectivity index (χ3v) is 6.88. The number of carbonyl (C=O) groups excluding carboxylic acids is 1. The molecule has 3 N–H and O–H groups in total. The molecule has 31 heavy (non-hydrogen) atoms. The molecule has 4 rings (SSSR count). The van der Waals surface area contributed by atoms with Gasteiger partial charge in [0.25, 0.3) is 5.91 Å². The highest BCUT2D eigenvalue weighted by Gasteiger charge is 2.24. The van der Waals surface area contributed by atoms with Gasteiger partial charge in [0.2, 0.25) is 0 Å². The molecule has 0 saturated carbocycles. The number of benzene rings is 3. The Morgan fingerprint density at radius 3 is 2.58 bits per heavy atom. The Bertz CT molecular complexity index is 1050. The second kappa shape index (κ2) is 9.58. The van der Waals surface area contributed by atoms with Gasteiger partial charge in [-0.15, -0.1) is 0 Å². The van der Waals surface area contributed by atoms with Gasteiger partial charge in [0.05, 0.1) is 12.1 Å². The molecule has 1 aliphatic heterocycles. The first-order valence-corrected chi connectivity index (χ1v) is 11.6. The number of anilines is 1. The van der Waals surface area contributed by atoms with E-state index >= 15 is 0 Å². The molecule has 0 aliphatic carbocycles. The molecule has 3 aromatic rings. The summed E-state index contributed by atoms with van der Waals surface area (Å²) in [7, 11) is 0. The second-order valence-corrected chi connectivity index (χ2v) is 9.08. The Labute approximate surface area is 188 Å². The summed E-state index contributed by atoms with van der Waals surface area (Å²) in [4.78, 5) is 15.1. The lowest BCUT2D eigenvalue weighted by atomic mass is 10.0. The van der Waals surface area contributed by atoms with Crippen LogP contribution in [0.2, 0.25) is 0 Å². The highest BCUT2D eigenvalue weighted by Crippen LogP contribution is 2.41. The van der Waals surface area contributed by atoms with Gasteiger partial charge >= 0.3 is 0 Å². The molecule has 3 atom stereocenters. The van der Waals surface area contributed by atoms with Gasteiger partial charge in [-0.25, -0.2) is 0 Å². The van der Waals surface area contributed by atoms with Crippen molar-refractivity contribution in [3.63, 3.8) is 0 Å². The van der Waals surface area contributed by atoms with Crippen molar-refractivity contribution in [1.82, 2.24) is 5.32 Å². The van der Waals surface area contributed by atoms with Crippen LogP contribution in [0.4, 0.5) is 5.69 Å². The zero-order valence-corrected chi connectivity index (χ0v) is 18.7.